The van der Waals surface area contributed by atoms with E-state index in [0.29, 0.717) is 44.9 Å². The minimum absolute atomic E-state index is 0.0493. The molecule has 1 aliphatic heterocycles. The zero-order valence-corrected chi connectivity index (χ0v) is 23.3. The van der Waals surface area contributed by atoms with Crippen molar-refractivity contribution in [1.29, 1.82) is 0 Å². The molecule has 2 aliphatic rings. The van der Waals surface area contributed by atoms with Crippen LogP contribution in [0.15, 0.2) is 29.0 Å². The number of nitrogens with zero attached hydrogens (tertiary/aromatic N) is 2. The molecular formula is C26H39BrN2O4Si. The number of carbonyl (C=O) groups excluding carboxylic acids is 1. The third-order valence-electron chi connectivity index (χ3n) is 7.32. The number of aliphatic hydroxyl groups is 1. The predicted molar refractivity (Wildman–Crippen MR) is 142 cm³/mol. The van der Waals surface area contributed by atoms with Crippen LogP contribution < -0.4 is 4.74 Å². The molecule has 0 bridgehead atoms. The van der Waals surface area contributed by atoms with Crippen molar-refractivity contribution < 1.29 is 19.4 Å². The van der Waals surface area contributed by atoms with Crippen molar-refractivity contribution in [3.8, 4) is 5.75 Å². The molecule has 1 aromatic heterocycles. The maximum Gasteiger partial charge on any atom is 0.224 e. The molecule has 6 nitrogen and oxygen atoms in total. The highest BCUT2D eigenvalue weighted by Crippen LogP contribution is 2.36. The largest absolute Gasteiger partial charge is 0.490 e. The second-order valence-corrected chi connectivity index (χ2v) is 17.7. The highest BCUT2D eigenvalue weighted by atomic mass is 79.9. The minimum atomic E-state index is -1.14. The van der Waals surface area contributed by atoms with E-state index >= 15 is 0 Å². The molecule has 34 heavy (non-hydrogen) atoms. The number of carbonyl (C=O) groups is 1. The molecule has 0 unspecified atom stereocenters. The van der Waals surface area contributed by atoms with Gasteiger partial charge in [-0.25, -0.2) is 0 Å². The second kappa shape index (κ2) is 11.1. The first-order valence-corrected chi connectivity index (χ1v) is 17.1. The van der Waals surface area contributed by atoms with Crippen LogP contribution in [0.4, 0.5) is 0 Å². The van der Waals surface area contributed by atoms with Crippen LogP contribution in [0.1, 0.15) is 44.6 Å². The lowest BCUT2D eigenvalue weighted by Gasteiger charge is -2.28. The number of rotatable bonds is 10. The van der Waals surface area contributed by atoms with E-state index in [0.717, 1.165) is 53.8 Å². The number of halogens is 1. The van der Waals surface area contributed by atoms with Gasteiger partial charge in [0.15, 0.2) is 0 Å². The van der Waals surface area contributed by atoms with Gasteiger partial charge in [0.2, 0.25) is 5.91 Å². The number of fused-ring (bicyclic) bond motifs is 1. The first-order valence-electron chi connectivity index (χ1n) is 12.6. The molecule has 2 heterocycles. The third-order valence-corrected chi connectivity index (χ3v) is 9.64. The van der Waals surface area contributed by atoms with Crippen molar-refractivity contribution in [3.63, 3.8) is 0 Å². The molecule has 188 valence electrons. The Morgan fingerprint density at radius 3 is 2.47 bits per heavy atom. The van der Waals surface area contributed by atoms with E-state index in [1.807, 2.05) is 4.90 Å². The fraction of sp³-hybridized carbons (Fsp3) is 0.654. The Kier molecular flexibility index (Phi) is 8.43. The number of likely N-dealkylation sites (tertiary alicyclic amines) is 1. The molecule has 1 aliphatic carbocycles. The zero-order valence-electron chi connectivity index (χ0n) is 20.8. The first-order chi connectivity index (χ1) is 16.2. The lowest BCUT2D eigenvalue weighted by atomic mass is 9.86. The van der Waals surface area contributed by atoms with Crippen LogP contribution in [0, 0.1) is 5.92 Å². The summed E-state index contributed by atoms with van der Waals surface area (Å²) >= 11 is 3.68. The van der Waals surface area contributed by atoms with Crippen LogP contribution in [0.3, 0.4) is 0 Å². The van der Waals surface area contributed by atoms with Gasteiger partial charge in [0.25, 0.3) is 0 Å². The summed E-state index contributed by atoms with van der Waals surface area (Å²) in [5, 5.41) is 11.8. The Morgan fingerprint density at radius 1 is 1.09 bits per heavy atom. The van der Waals surface area contributed by atoms with E-state index < -0.39 is 8.07 Å². The minimum Gasteiger partial charge on any atom is -0.490 e. The van der Waals surface area contributed by atoms with Gasteiger partial charge in [-0.1, -0.05) is 19.6 Å². The summed E-state index contributed by atoms with van der Waals surface area (Å²) in [7, 11) is -1.14. The zero-order chi connectivity index (χ0) is 24.3. The number of aromatic nitrogens is 1. The number of amides is 1. The fourth-order valence-electron chi connectivity index (χ4n) is 4.98. The van der Waals surface area contributed by atoms with E-state index in [4.69, 9.17) is 9.47 Å². The lowest BCUT2D eigenvalue weighted by Crippen LogP contribution is -2.39. The van der Waals surface area contributed by atoms with Crippen molar-refractivity contribution in [2.24, 2.45) is 5.92 Å². The van der Waals surface area contributed by atoms with Gasteiger partial charge < -0.3 is 24.0 Å². The molecule has 1 aromatic carbocycles. The number of hydrogen-bond donors (Lipinski definition) is 1. The molecular weight excluding hydrogens is 512 g/mol. The van der Waals surface area contributed by atoms with Crippen LogP contribution in [0.25, 0.3) is 10.8 Å². The number of benzene rings is 1. The Balaban J connectivity index is 1.36. The molecule has 1 saturated heterocycles. The number of ether oxygens (including phenoxy) is 2. The summed E-state index contributed by atoms with van der Waals surface area (Å²) in [6.07, 6.45) is 10.2. The van der Waals surface area contributed by atoms with Crippen LogP contribution >= 0.6 is 15.9 Å². The average molecular weight is 552 g/mol. The van der Waals surface area contributed by atoms with E-state index in [-0.39, 0.29) is 11.9 Å². The van der Waals surface area contributed by atoms with Crippen molar-refractivity contribution >= 4 is 40.7 Å². The molecule has 8 heteroatoms. The third kappa shape index (κ3) is 6.45. The van der Waals surface area contributed by atoms with Gasteiger partial charge in [-0.3, -0.25) is 4.79 Å². The quantitative estimate of drug-likeness (QED) is 0.299. The maximum absolute atomic E-state index is 12.4. The summed E-state index contributed by atoms with van der Waals surface area (Å²) in [4.78, 5) is 14.2. The van der Waals surface area contributed by atoms with Gasteiger partial charge >= 0.3 is 0 Å². The Labute approximate surface area is 212 Å². The highest BCUT2D eigenvalue weighted by Gasteiger charge is 2.32. The molecule has 2 aromatic rings. The summed E-state index contributed by atoms with van der Waals surface area (Å²) < 4.78 is 15.4. The molecule has 1 saturated carbocycles. The molecule has 1 N–H and O–H groups in total. The molecule has 2 fully saturated rings. The van der Waals surface area contributed by atoms with Crippen molar-refractivity contribution in [3.05, 3.63) is 29.0 Å². The number of aliphatic hydroxyl groups excluding tert-OH is 1. The van der Waals surface area contributed by atoms with E-state index in [1.165, 1.54) is 5.39 Å². The van der Waals surface area contributed by atoms with Gasteiger partial charge in [0, 0.05) is 56.9 Å². The van der Waals surface area contributed by atoms with Crippen LogP contribution in [0.5, 0.6) is 5.75 Å². The van der Waals surface area contributed by atoms with Gasteiger partial charge in [-0.2, -0.15) is 0 Å². The summed E-state index contributed by atoms with van der Waals surface area (Å²) in [6, 6.07) is 5.87. The SMILES string of the molecule is C[Si](C)(C)CCOCN1C(=O)CC[C@@H]1COc1cc2cn(C3CCC(CO)CC3)cc2cc1Br. The summed E-state index contributed by atoms with van der Waals surface area (Å²) in [5.41, 5.74) is 0. The van der Waals surface area contributed by atoms with Gasteiger partial charge in [-0.15, -0.1) is 0 Å². The van der Waals surface area contributed by atoms with E-state index in [2.05, 4.69) is 64.7 Å². The first kappa shape index (κ1) is 25.7. The highest BCUT2D eigenvalue weighted by molar-refractivity contribution is 9.10. The van der Waals surface area contributed by atoms with Crippen LogP contribution in [-0.4, -0.2) is 61.1 Å². The topological polar surface area (TPSA) is 63.9 Å². The normalized spacial score (nSPS) is 23.7. The summed E-state index contributed by atoms with van der Waals surface area (Å²) in [6.45, 7) is 8.85. The summed E-state index contributed by atoms with van der Waals surface area (Å²) in [5.74, 6) is 1.43. The molecule has 1 atom stereocenters. The second-order valence-electron chi connectivity index (χ2n) is 11.2. The predicted octanol–water partition coefficient (Wildman–Crippen LogP) is 5.81. The average Bonchev–Trinajstić information content (AvgIpc) is 3.37. The fourth-order valence-corrected chi connectivity index (χ4v) is 6.22. The molecule has 1 amide bonds. The van der Waals surface area contributed by atoms with E-state index in [1.54, 1.807) is 0 Å². The van der Waals surface area contributed by atoms with Crippen molar-refractivity contribution in [1.82, 2.24) is 9.47 Å². The standard InChI is InChI=1S/C26H39BrN2O4Si/c1-34(2,3)11-10-32-18-29-23(8-9-26(29)31)17-33-25-13-21-15-28(14-20(21)12-24(25)27)22-6-4-19(16-30)5-7-22/h12-15,19,22-23,30H,4-11,16-18H2,1-3H3/t19?,22?,23-/m1/s1. The van der Waals surface area contributed by atoms with Crippen molar-refractivity contribution in [2.75, 3.05) is 26.6 Å². The molecule has 4 rings (SSSR count). The Bertz CT molecular complexity index is 981. The lowest BCUT2D eigenvalue weighted by molar-refractivity contribution is -0.134. The maximum atomic E-state index is 12.4. The molecule has 0 radical (unpaired) electrons. The van der Waals surface area contributed by atoms with Gasteiger partial charge in [0.1, 0.15) is 19.1 Å². The van der Waals surface area contributed by atoms with Crippen LogP contribution in [0.2, 0.25) is 25.7 Å². The number of hydrogen-bond acceptors (Lipinski definition) is 4. The van der Waals surface area contributed by atoms with Crippen LogP contribution in [-0.2, 0) is 9.53 Å². The Hall–Kier alpha value is -1.35. The van der Waals surface area contributed by atoms with Gasteiger partial charge in [0.05, 0.1) is 10.5 Å². The monoisotopic (exact) mass is 550 g/mol. The van der Waals surface area contributed by atoms with E-state index in [9.17, 15) is 9.90 Å². The van der Waals surface area contributed by atoms with Gasteiger partial charge in [-0.05, 0) is 72.1 Å². The smallest absolute Gasteiger partial charge is 0.224 e. The Morgan fingerprint density at radius 2 is 1.79 bits per heavy atom. The van der Waals surface area contributed by atoms with Crippen molar-refractivity contribution in [2.45, 2.75) is 76.3 Å². The molecule has 0 spiro atoms.